The zero-order chi connectivity index (χ0) is 15.8. The van der Waals surface area contributed by atoms with Gasteiger partial charge in [0.25, 0.3) is 0 Å². The second-order valence-electron chi connectivity index (χ2n) is 6.32. The first-order valence-electron chi connectivity index (χ1n) is 8.26. The Labute approximate surface area is 137 Å². The van der Waals surface area contributed by atoms with Gasteiger partial charge in [-0.05, 0) is 30.2 Å². The molecule has 0 aromatic carbocycles. The molecule has 22 heavy (non-hydrogen) atoms. The Balaban J connectivity index is 1.75. The van der Waals surface area contributed by atoms with Crippen LogP contribution in [0.4, 0.5) is 0 Å². The Bertz CT molecular complexity index is 428. The minimum Gasteiger partial charge on any atom is -0.379 e. The molecule has 124 valence electrons. The standard InChI is InChI=1S/C17H28N2O2S/c1-14(2)12-15(19-7-9-21-10-8-19)13-18-17(20)6-5-16-4-3-11-22-16/h3-4,11,14-15H,5-10,12-13H2,1-2H3,(H,18,20). The maximum absolute atomic E-state index is 12.1. The number of nitrogens with one attached hydrogen (secondary N) is 1. The monoisotopic (exact) mass is 324 g/mol. The number of nitrogens with zero attached hydrogens (tertiary/aromatic N) is 1. The summed E-state index contributed by atoms with van der Waals surface area (Å²) in [6, 6.07) is 4.55. The fraction of sp³-hybridized carbons (Fsp3) is 0.706. The number of thiophene rings is 1. The van der Waals surface area contributed by atoms with Gasteiger partial charge in [-0.3, -0.25) is 9.69 Å². The van der Waals surface area contributed by atoms with Crippen LogP contribution in [-0.4, -0.2) is 49.7 Å². The van der Waals surface area contributed by atoms with Crippen LogP contribution in [0.2, 0.25) is 0 Å². The minimum absolute atomic E-state index is 0.162. The van der Waals surface area contributed by atoms with Crippen LogP contribution >= 0.6 is 11.3 Å². The topological polar surface area (TPSA) is 41.6 Å². The summed E-state index contributed by atoms with van der Waals surface area (Å²) in [4.78, 5) is 15.8. The molecule has 1 aromatic heterocycles. The number of rotatable bonds is 8. The molecular weight excluding hydrogens is 296 g/mol. The van der Waals surface area contributed by atoms with E-state index < -0.39 is 0 Å². The normalized spacial score (nSPS) is 17.6. The highest BCUT2D eigenvalue weighted by molar-refractivity contribution is 7.09. The first-order chi connectivity index (χ1) is 10.6. The van der Waals surface area contributed by atoms with E-state index in [1.54, 1.807) is 11.3 Å². The fourth-order valence-corrected chi connectivity index (χ4v) is 3.57. The van der Waals surface area contributed by atoms with Gasteiger partial charge in [-0.2, -0.15) is 0 Å². The molecule has 0 saturated carbocycles. The number of aryl methyl sites for hydroxylation is 1. The lowest BCUT2D eigenvalue weighted by Crippen LogP contribution is -2.49. The lowest BCUT2D eigenvalue weighted by molar-refractivity contribution is -0.121. The van der Waals surface area contributed by atoms with Gasteiger partial charge in [-0.25, -0.2) is 0 Å². The van der Waals surface area contributed by atoms with E-state index >= 15 is 0 Å². The Hall–Kier alpha value is -0.910. The van der Waals surface area contributed by atoms with Crippen molar-refractivity contribution in [3.8, 4) is 0 Å². The summed E-state index contributed by atoms with van der Waals surface area (Å²) in [5, 5.41) is 5.19. The van der Waals surface area contributed by atoms with Crippen LogP contribution in [0.5, 0.6) is 0 Å². The molecule has 1 unspecified atom stereocenters. The molecule has 5 heteroatoms. The van der Waals surface area contributed by atoms with E-state index in [9.17, 15) is 4.79 Å². The van der Waals surface area contributed by atoms with E-state index in [0.717, 1.165) is 45.7 Å². The van der Waals surface area contributed by atoms with E-state index in [0.29, 0.717) is 18.4 Å². The molecule has 1 saturated heterocycles. The largest absolute Gasteiger partial charge is 0.379 e. The molecule has 0 radical (unpaired) electrons. The third-order valence-corrected chi connectivity index (χ3v) is 4.96. The molecule has 4 nitrogen and oxygen atoms in total. The average molecular weight is 324 g/mol. The van der Waals surface area contributed by atoms with Gasteiger partial charge >= 0.3 is 0 Å². The summed E-state index contributed by atoms with van der Waals surface area (Å²) >= 11 is 1.72. The molecule has 1 aliphatic rings. The van der Waals surface area contributed by atoms with E-state index in [-0.39, 0.29) is 5.91 Å². The summed E-state index contributed by atoms with van der Waals surface area (Å²) in [6.45, 7) is 8.80. The van der Waals surface area contributed by atoms with Crippen LogP contribution in [-0.2, 0) is 16.0 Å². The number of ether oxygens (including phenoxy) is 1. The SMILES string of the molecule is CC(C)CC(CNC(=O)CCc1cccs1)N1CCOCC1. The number of hydrogen-bond acceptors (Lipinski definition) is 4. The second-order valence-corrected chi connectivity index (χ2v) is 7.35. The van der Waals surface area contributed by atoms with Crippen molar-refractivity contribution in [2.75, 3.05) is 32.8 Å². The number of morpholine rings is 1. The van der Waals surface area contributed by atoms with Crippen molar-refractivity contribution in [3.05, 3.63) is 22.4 Å². The fourth-order valence-electron chi connectivity index (χ4n) is 2.86. The smallest absolute Gasteiger partial charge is 0.220 e. The van der Waals surface area contributed by atoms with Gasteiger partial charge in [-0.15, -0.1) is 11.3 Å². The highest BCUT2D eigenvalue weighted by atomic mass is 32.1. The Morgan fingerprint density at radius 1 is 1.41 bits per heavy atom. The molecule has 1 amide bonds. The van der Waals surface area contributed by atoms with Gasteiger partial charge in [0.2, 0.25) is 5.91 Å². The second kappa shape index (κ2) is 9.28. The van der Waals surface area contributed by atoms with Crippen molar-refractivity contribution < 1.29 is 9.53 Å². The quantitative estimate of drug-likeness (QED) is 0.799. The van der Waals surface area contributed by atoms with Gasteiger partial charge in [0.05, 0.1) is 13.2 Å². The minimum atomic E-state index is 0.162. The van der Waals surface area contributed by atoms with Gasteiger partial charge < -0.3 is 10.1 Å². The zero-order valence-corrected chi connectivity index (χ0v) is 14.5. The molecule has 2 heterocycles. The van der Waals surface area contributed by atoms with Gasteiger partial charge in [0, 0.05) is 37.0 Å². The summed E-state index contributed by atoms with van der Waals surface area (Å²) in [7, 11) is 0. The van der Waals surface area contributed by atoms with Crippen molar-refractivity contribution in [1.29, 1.82) is 0 Å². The van der Waals surface area contributed by atoms with E-state index in [1.165, 1.54) is 4.88 Å². The number of hydrogen-bond donors (Lipinski definition) is 1. The first kappa shape index (κ1) is 17.4. The molecule has 1 atom stereocenters. The van der Waals surface area contributed by atoms with E-state index in [1.807, 2.05) is 6.07 Å². The predicted octanol–water partition coefficient (Wildman–Crippen LogP) is 2.54. The molecule has 0 aliphatic carbocycles. The zero-order valence-electron chi connectivity index (χ0n) is 13.7. The predicted molar refractivity (Wildman–Crippen MR) is 91.3 cm³/mol. The summed E-state index contributed by atoms with van der Waals surface area (Å²) in [5.41, 5.74) is 0. The molecule has 0 bridgehead atoms. The highest BCUT2D eigenvalue weighted by Crippen LogP contribution is 2.14. The van der Waals surface area contributed by atoms with Crippen LogP contribution in [0.25, 0.3) is 0 Å². The van der Waals surface area contributed by atoms with Gasteiger partial charge in [0.1, 0.15) is 0 Å². The molecule has 1 fully saturated rings. The molecule has 1 aliphatic heterocycles. The molecule has 2 rings (SSSR count). The Morgan fingerprint density at radius 3 is 2.82 bits per heavy atom. The summed E-state index contributed by atoms with van der Waals surface area (Å²) in [5.74, 6) is 0.797. The van der Waals surface area contributed by atoms with Crippen LogP contribution in [0.15, 0.2) is 17.5 Å². The Kier molecular flexibility index (Phi) is 7.36. The first-order valence-corrected chi connectivity index (χ1v) is 9.14. The van der Waals surface area contributed by atoms with Crippen LogP contribution in [0, 0.1) is 5.92 Å². The lowest BCUT2D eigenvalue weighted by atomic mass is 10.0. The van der Waals surface area contributed by atoms with E-state index in [4.69, 9.17) is 4.74 Å². The third-order valence-electron chi connectivity index (χ3n) is 4.02. The highest BCUT2D eigenvalue weighted by Gasteiger charge is 2.22. The van der Waals surface area contributed by atoms with E-state index in [2.05, 4.69) is 35.5 Å². The lowest BCUT2D eigenvalue weighted by Gasteiger charge is -2.35. The molecule has 0 spiro atoms. The number of carbonyl (C=O) groups is 1. The van der Waals surface area contributed by atoms with Crippen LogP contribution < -0.4 is 5.32 Å². The molecule has 1 N–H and O–H groups in total. The van der Waals surface area contributed by atoms with Gasteiger partial charge in [0.15, 0.2) is 0 Å². The van der Waals surface area contributed by atoms with Crippen LogP contribution in [0.1, 0.15) is 31.6 Å². The molecular formula is C17H28N2O2S. The van der Waals surface area contributed by atoms with Gasteiger partial charge in [-0.1, -0.05) is 19.9 Å². The number of amides is 1. The summed E-state index contributed by atoms with van der Waals surface area (Å²) in [6.07, 6.45) is 2.54. The van der Waals surface area contributed by atoms with Crippen molar-refractivity contribution in [1.82, 2.24) is 10.2 Å². The molecule has 1 aromatic rings. The average Bonchev–Trinajstić information content (AvgIpc) is 3.03. The number of carbonyl (C=O) groups excluding carboxylic acids is 1. The third kappa shape index (κ3) is 6.07. The van der Waals surface area contributed by atoms with Crippen molar-refractivity contribution >= 4 is 17.2 Å². The van der Waals surface area contributed by atoms with Crippen molar-refractivity contribution in [2.24, 2.45) is 5.92 Å². The van der Waals surface area contributed by atoms with Crippen molar-refractivity contribution in [3.63, 3.8) is 0 Å². The van der Waals surface area contributed by atoms with Crippen LogP contribution in [0.3, 0.4) is 0 Å². The maximum atomic E-state index is 12.1. The Morgan fingerprint density at radius 2 is 2.18 bits per heavy atom. The summed E-state index contributed by atoms with van der Waals surface area (Å²) < 4.78 is 5.43. The van der Waals surface area contributed by atoms with Crippen molar-refractivity contribution in [2.45, 2.75) is 39.2 Å². The maximum Gasteiger partial charge on any atom is 0.220 e.